The SMILES string of the molecule is CCOC(=O)C(O)CNC(=O)CCC(=O)Nc1ccc(C(=N)N)cc1. The zero-order chi connectivity index (χ0) is 18.8. The number of nitrogens with two attached hydrogens (primary N) is 1. The summed E-state index contributed by atoms with van der Waals surface area (Å²) in [4.78, 5) is 34.6. The molecule has 1 atom stereocenters. The summed E-state index contributed by atoms with van der Waals surface area (Å²) in [6.07, 6.45) is -1.58. The first-order valence-electron chi connectivity index (χ1n) is 7.69. The highest BCUT2D eigenvalue weighted by atomic mass is 16.5. The first-order valence-corrected chi connectivity index (χ1v) is 7.69. The van der Waals surface area contributed by atoms with Crippen molar-refractivity contribution in [2.75, 3.05) is 18.5 Å². The maximum absolute atomic E-state index is 11.8. The number of amides is 2. The minimum Gasteiger partial charge on any atom is -0.464 e. The number of benzene rings is 1. The lowest BCUT2D eigenvalue weighted by atomic mass is 10.2. The molecule has 1 rings (SSSR count). The van der Waals surface area contributed by atoms with Crippen molar-refractivity contribution in [3.05, 3.63) is 29.8 Å². The van der Waals surface area contributed by atoms with E-state index in [1.54, 1.807) is 31.2 Å². The molecule has 0 aliphatic heterocycles. The molecule has 0 saturated carbocycles. The van der Waals surface area contributed by atoms with E-state index in [4.69, 9.17) is 11.1 Å². The number of hydrogen-bond acceptors (Lipinski definition) is 6. The van der Waals surface area contributed by atoms with Crippen molar-refractivity contribution in [1.82, 2.24) is 5.32 Å². The Balaban J connectivity index is 2.32. The van der Waals surface area contributed by atoms with Crippen LogP contribution in [-0.4, -0.2) is 48.0 Å². The summed E-state index contributed by atoms with van der Waals surface area (Å²) in [6.45, 7) is 1.47. The largest absolute Gasteiger partial charge is 0.464 e. The zero-order valence-corrected chi connectivity index (χ0v) is 13.9. The molecule has 25 heavy (non-hydrogen) atoms. The van der Waals surface area contributed by atoms with Gasteiger partial charge in [-0.1, -0.05) is 0 Å². The quantitative estimate of drug-likeness (QED) is 0.235. The Bertz CT molecular complexity index is 630. The van der Waals surface area contributed by atoms with Crippen molar-refractivity contribution < 1.29 is 24.2 Å². The van der Waals surface area contributed by atoms with Gasteiger partial charge in [-0.05, 0) is 31.2 Å². The molecule has 2 amide bonds. The molecule has 0 radical (unpaired) electrons. The van der Waals surface area contributed by atoms with Crippen LogP contribution in [0.5, 0.6) is 0 Å². The van der Waals surface area contributed by atoms with E-state index in [2.05, 4.69) is 15.4 Å². The van der Waals surface area contributed by atoms with Gasteiger partial charge in [0.25, 0.3) is 0 Å². The third-order valence-corrected chi connectivity index (χ3v) is 3.11. The van der Waals surface area contributed by atoms with E-state index < -0.39 is 18.0 Å². The highest BCUT2D eigenvalue weighted by molar-refractivity contribution is 5.96. The third-order valence-electron chi connectivity index (χ3n) is 3.11. The van der Waals surface area contributed by atoms with E-state index in [9.17, 15) is 19.5 Å². The summed E-state index contributed by atoms with van der Waals surface area (Å²) in [7, 11) is 0. The standard InChI is InChI=1S/C16H22N4O5/c1-2-25-16(24)12(21)9-19-13(22)7-8-14(23)20-11-5-3-10(4-6-11)15(17)18/h3-6,12,21H,2,7-9H2,1H3,(H3,17,18)(H,19,22)(H,20,23). The third kappa shape index (κ3) is 7.44. The Kier molecular flexibility index (Phi) is 8.07. The summed E-state index contributed by atoms with van der Waals surface area (Å²) in [6, 6.07) is 6.40. The molecular formula is C16H22N4O5. The molecule has 0 aliphatic rings. The maximum atomic E-state index is 11.8. The summed E-state index contributed by atoms with van der Waals surface area (Å²) < 4.78 is 4.60. The molecule has 0 bridgehead atoms. The highest BCUT2D eigenvalue weighted by Crippen LogP contribution is 2.09. The van der Waals surface area contributed by atoms with Gasteiger partial charge in [-0.3, -0.25) is 15.0 Å². The van der Waals surface area contributed by atoms with Crippen LogP contribution in [0.25, 0.3) is 0 Å². The number of anilines is 1. The van der Waals surface area contributed by atoms with Crippen LogP contribution in [0, 0.1) is 5.41 Å². The Hall–Kier alpha value is -2.94. The average molecular weight is 350 g/mol. The smallest absolute Gasteiger partial charge is 0.336 e. The lowest BCUT2D eigenvalue weighted by Crippen LogP contribution is -2.37. The Labute approximate surface area is 145 Å². The maximum Gasteiger partial charge on any atom is 0.336 e. The molecule has 0 saturated heterocycles. The van der Waals surface area contributed by atoms with Crippen molar-refractivity contribution in [1.29, 1.82) is 5.41 Å². The molecule has 9 nitrogen and oxygen atoms in total. The molecule has 9 heteroatoms. The van der Waals surface area contributed by atoms with Gasteiger partial charge >= 0.3 is 5.97 Å². The van der Waals surface area contributed by atoms with Gasteiger partial charge in [0.1, 0.15) is 5.84 Å². The van der Waals surface area contributed by atoms with Gasteiger partial charge in [-0.25, -0.2) is 4.79 Å². The van der Waals surface area contributed by atoms with Gasteiger partial charge in [0.2, 0.25) is 11.8 Å². The molecule has 0 aliphatic carbocycles. The molecule has 6 N–H and O–H groups in total. The first kappa shape index (κ1) is 20.1. The van der Waals surface area contributed by atoms with Crippen molar-refractivity contribution in [3.63, 3.8) is 0 Å². The molecule has 0 fully saturated rings. The number of ether oxygens (including phenoxy) is 1. The van der Waals surface area contributed by atoms with Gasteiger partial charge in [0.15, 0.2) is 6.10 Å². The average Bonchev–Trinajstić information content (AvgIpc) is 2.58. The number of carbonyl (C=O) groups excluding carboxylic acids is 3. The number of nitrogens with one attached hydrogen (secondary N) is 3. The second-order valence-electron chi connectivity index (χ2n) is 5.11. The van der Waals surface area contributed by atoms with E-state index in [0.717, 1.165) is 0 Å². The van der Waals surface area contributed by atoms with E-state index in [-0.39, 0.29) is 37.7 Å². The minimum absolute atomic E-state index is 0.0597. The van der Waals surface area contributed by atoms with E-state index >= 15 is 0 Å². The molecule has 0 spiro atoms. The number of carbonyl (C=O) groups is 3. The molecule has 0 heterocycles. The van der Waals surface area contributed by atoms with Gasteiger partial charge in [0, 0.05) is 24.1 Å². The van der Waals surface area contributed by atoms with Crippen molar-refractivity contribution in [2.45, 2.75) is 25.9 Å². The van der Waals surface area contributed by atoms with Crippen LogP contribution >= 0.6 is 0 Å². The first-order chi connectivity index (χ1) is 11.8. The van der Waals surface area contributed by atoms with Crippen LogP contribution in [-0.2, 0) is 19.1 Å². The number of aliphatic hydroxyl groups is 1. The van der Waals surface area contributed by atoms with Crippen LogP contribution in [0.4, 0.5) is 5.69 Å². The molecule has 1 unspecified atom stereocenters. The van der Waals surface area contributed by atoms with E-state index in [1.165, 1.54) is 0 Å². The number of amidine groups is 1. The second kappa shape index (κ2) is 10.0. The summed E-state index contributed by atoms with van der Waals surface area (Å²) in [5, 5.41) is 21.7. The summed E-state index contributed by atoms with van der Waals surface area (Å²) in [5.41, 5.74) is 6.40. The van der Waals surface area contributed by atoms with Crippen molar-refractivity contribution in [2.24, 2.45) is 5.73 Å². The van der Waals surface area contributed by atoms with Crippen LogP contribution in [0.15, 0.2) is 24.3 Å². The molecular weight excluding hydrogens is 328 g/mol. The fourth-order valence-corrected chi connectivity index (χ4v) is 1.80. The van der Waals surface area contributed by atoms with Crippen LogP contribution in [0.2, 0.25) is 0 Å². The summed E-state index contributed by atoms with van der Waals surface area (Å²) >= 11 is 0. The normalized spacial score (nSPS) is 11.3. The topological polar surface area (TPSA) is 155 Å². The number of hydrogen-bond donors (Lipinski definition) is 5. The monoisotopic (exact) mass is 350 g/mol. The van der Waals surface area contributed by atoms with Gasteiger partial charge in [-0.15, -0.1) is 0 Å². The number of aliphatic hydroxyl groups excluding tert-OH is 1. The summed E-state index contributed by atoms with van der Waals surface area (Å²) in [5.74, 6) is -1.71. The van der Waals surface area contributed by atoms with Crippen molar-refractivity contribution >= 4 is 29.3 Å². The van der Waals surface area contributed by atoms with Crippen LogP contribution in [0.3, 0.4) is 0 Å². The number of esters is 1. The lowest BCUT2D eigenvalue weighted by Gasteiger charge is -2.11. The van der Waals surface area contributed by atoms with Crippen molar-refractivity contribution in [3.8, 4) is 0 Å². The molecule has 136 valence electrons. The predicted molar refractivity (Wildman–Crippen MR) is 91.0 cm³/mol. The fraction of sp³-hybridized carbons (Fsp3) is 0.375. The van der Waals surface area contributed by atoms with Crippen LogP contribution < -0.4 is 16.4 Å². The van der Waals surface area contributed by atoms with E-state index in [1.807, 2.05) is 0 Å². The Morgan fingerprint density at radius 3 is 2.36 bits per heavy atom. The number of rotatable bonds is 9. The predicted octanol–water partition coefficient (Wildman–Crippen LogP) is -0.270. The Morgan fingerprint density at radius 2 is 1.80 bits per heavy atom. The molecule has 1 aromatic rings. The zero-order valence-electron chi connectivity index (χ0n) is 13.9. The second-order valence-corrected chi connectivity index (χ2v) is 5.11. The fourth-order valence-electron chi connectivity index (χ4n) is 1.80. The van der Waals surface area contributed by atoms with Crippen LogP contribution in [0.1, 0.15) is 25.3 Å². The lowest BCUT2D eigenvalue weighted by molar-refractivity contribution is -0.152. The number of nitrogen functional groups attached to an aromatic ring is 1. The van der Waals surface area contributed by atoms with Gasteiger partial charge < -0.3 is 26.2 Å². The molecule has 0 aromatic heterocycles. The Morgan fingerprint density at radius 1 is 1.20 bits per heavy atom. The van der Waals surface area contributed by atoms with Gasteiger partial charge in [0.05, 0.1) is 13.2 Å². The minimum atomic E-state index is -1.43. The highest BCUT2D eigenvalue weighted by Gasteiger charge is 2.17. The van der Waals surface area contributed by atoms with E-state index in [0.29, 0.717) is 11.3 Å². The van der Waals surface area contributed by atoms with Gasteiger partial charge in [-0.2, -0.15) is 0 Å². The molecule has 1 aromatic carbocycles.